The number of carbonyl (C=O) groups is 2. The number of esters is 2. The number of ether oxygens (including phenoxy) is 2. The zero-order valence-electron chi connectivity index (χ0n) is 7.99. The Balaban J connectivity index is 2.46. The topological polar surface area (TPSA) is 52.6 Å². The van der Waals surface area contributed by atoms with Crippen LogP contribution in [0.2, 0.25) is 0 Å². The van der Waals surface area contributed by atoms with E-state index >= 15 is 0 Å². The van der Waals surface area contributed by atoms with Gasteiger partial charge in [-0.2, -0.15) is 0 Å². The molecule has 0 bridgehead atoms. The molecule has 1 atom stereocenters. The van der Waals surface area contributed by atoms with Crippen molar-refractivity contribution in [2.24, 2.45) is 5.41 Å². The van der Waals surface area contributed by atoms with E-state index in [1.54, 1.807) is 19.1 Å². The first-order valence-corrected chi connectivity index (χ1v) is 4.31. The minimum absolute atomic E-state index is 0.391. The maximum atomic E-state index is 11.4. The highest BCUT2D eigenvalue weighted by atomic mass is 16.6. The lowest BCUT2D eigenvalue weighted by Crippen LogP contribution is -2.25. The van der Waals surface area contributed by atoms with Gasteiger partial charge in [-0.3, -0.25) is 4.79 Å². The highest BCUT2D eigenvalue weighted by molar-refractivity contribution is 6.10. The van der Waals surface area contributed by atoms with Crippen molar-refractivity contribution >= 4 is 11.9 Å². The molecule has 74 valence electrons. The van der Waals surface area contributed by atoms with Crippen molar-refractivity contribution in [3.05, 3.63) is 23.5 Å². The van der Waals surface area contributed by atoms with Crippen molar-refractivity contribution in [2.45, 2.75) is 13.3 Å². The summed E-state index contributed by atoms with van der Waals surface area (Å²) in [6.07, 6.45) is 3.80. The Morgan fingerprint density at radius 1 is 1.50 bits per heavy atom. The molecule has 0 radical (unpaired) electrons. The number of hydrogen-bond acceptors (Lipinski definition) is 4. The van der Waals surface area contributed by atoms with E-state index in [9.17, 15) is 9.59 Å². The molecule has 4 heteroatoms. The third-order valence-corrected chi connectivity index (χ3v) is 2.68. The largest absolute Gasteiger partial charge is 0.497 e. The number of hydrogen-bond donors (Lipinski definition) is 0. The standard InChI is InChI=1S/C10H10O4/c1-10-4-3-6(13-2)5-7(10)8(11)14-9(10)12/h3,5H,4H2,1-2H3. The van der Waals surface area contributed by atoms with Crippen LogP contribution in [0.15, 0.2) is 23.5 Å². The molecule has 14 heavy (non-hydrogen) atoms. The highest BCUT2D eigenvalue weighted by Crippen LogP contribution is 2.42. The Morgan fingerprint density at radius 2 is 2.21 bits per heavy atom. The van der Waals surface area contributed by atoms with Crippen molar-refractivity contribution in [3.63, 3.8) is 0 Å². The van der Waals surface area contributed by atoms with Crippen LogP contribution in [0.3, 0.4) is 0 Å². The lowest BCUT2D eigenvalue weighted by Gasteiger charge is -2.21. The van der Waals surface area contributed by atoms with Crippen LogP contribution < -0.4 is 0 Å². The molecule has 0 aromatic heterocycles. The summed E-state index contributed by atoms with van der Waals surface area (Å²) in [5, 5.41) is 0. The molecule has 1 unspecified atom stereocenters. The van der Waals surface area contributed by atoms with Crippen LogP contribution in [0.4, 0.5) is 0 Å². The zero-order chi connectivity index (χ0) is 10.3. The van der Waals surface area contributed by atoms with Crippen LogP contribution in [-0.4, -0.2) is 19.0 Å². The van der Waals surface area contributed by atoms with E-state index in [0.717, 1.165) is 0 Å². The second kappa shape index (κ2) is 2.70. The first-order chi connectivity index (χ1) is 6.58. The van der Waals surface area contributed by atoms with E-state index < -0.39 is 17.4 Å². The van der Waals surface area contributed by atoms with Crippen LogP contribution in [-0.2, 0) is 19.1 Å². The predicted molar refractivity (Wildman–Crippen MR) is 47.0 cm³/mol. The SMILES string of the molecule is COC1=CCC2(C)C(=O)OC(=O)C2=C1. The fourth-order valence-electron chi connectivity index (χ4n) is 1.65. The van der Waals surface area contributed by atoms with E-state index in [1.807, 2.05) is 0 Å². The third-order valence-electron chi connectivity index (χ3n) is 2.68. The average molecular weight is 194 g/mol. The average Bonchev–Trinajstić information content (AvgIpc) is 2.38. The van der Waals surface area contributed by atoms with Crippen molar-refractivity contribution in [1.82, 2.24) is 0 Å². The molecule has 0 spiro atoms. The maximum Gasteiger partial charge on any atom is 0.343 e. The molecule has 1 aliphatic carbocycles. The second-order valence-electron chi connectivity index (χ2n) is 3.58. The minimum atomic E-state index is -0.806. The van der Waals surface area contributed by atoms with Gasteiger partial charge in [-0.15, -0.1) is 0 Å². The van der Waals surface area contributed by atoms with Gasteiger partial charge in [-0.1, -0.05) is 0 Å². The number of rotatable bonds is 1. The lowest BCUT2D eigenvalue weighted by atomic mass is 9.78. The first-order valence-electron chi connectivity index (χ1n) is 4.31. The Morgan fingerprint density at radius 3 is 2.86 bits per heavy atom. The van der Waals surface area contributed by atoms with Crippen molar-refractivity contribution in [1.29, 1.82) is 0 Å². The molecule has 0 aromatic carbocycles. The predicted octanol–water partition coefficient (Wildman–Crippen LogP) is 0.936. The third kappa shape index (κ3) is 0.999. The molecule has 2 rings (SSSR count). The number of cyclic esters (lactones) is 2. The van der Waals surface area contributed by atoms with Gasteiger partial charge in [0.25, 0.3) is 0 Å². The number of carbonyl (C=O) groups excluding carboxylic acids is 2. The lowest BCUT2D eigenvalue weighted by molar-refractivity contribution is -0.154. The molecule has 1 aliphatic heterocycles. The molecule has 0 N–H and O–H groups in total. The highest BCUT2D eigenvalue weighted by Gasteiger charge is 2.50. The Kier molecular flexibility index (Phi) is 1.74. The normalized spacial score (nSPS) is 30.4. The maximum absolute atomic E-state index is 11.4. The van der Waals surface area contributed by atoms with Gasteiger partial charge in [0.1, 0.15) is 11.2 Å². The fraction of sp³-hybridized carbons (Fsp3) is 0.400. The van der Waals surface area contributed by atoms with E-state index in [1.165, 1.54) is 7.11 Å². The van der Waals surface area contributed by atoms with Crippen molar-refractivity contribution in [3.8, 4) is 0 Å². The summed E-state index contributed by atoms with van der Waals surface area (Å²) in [4.78, 5) is 22.7. The van der Waals surface area contributed by atoms with Crippen LogP contribution >= 0.6 is 0 Å². The van der Waals surface area contributed by atoms with E-state index in [-0.39, 0.29) is 0 Å². The summed E-state index contributed by atoms with van der Waals surface area (Å²) in [5.74, 6) is -0.426. The summed E-state index contributed by atoms with van der Waals surface area (Å²) in [5.41, 5.74) is -0.416. The van der Waals surface area contributed by atoms with E-state index in [4.69, 9.17) is 4.74 Å². The molecule has 0 amide bonds. The molecular formula is C10H10O4. The Labute approximate surface area is 81.2 Å². The molecular weight excluding hydrogens is 184 g/mol. The monoisotopic (exact) mass is 194 g/mol. The first kappa shape index (κ1) is 8.99. The van der Waals surface area contributed by atoms with Gasteiger partial charge in [0.15, 0.2) is 0 Å². The van der Waals surface area contributed by atoms with Crippen LogP contribution in [0.5, 0.6) is 0 Å². The second-order valence-corrected chi connectivity index (χ2v) is 3.58. The van der Waals surface area contributed by atoms with Crippen molar-refractivity contribution in [2.75, 3.05) is 7.11 Å². The summed E-state index contributed by atoms with van der Waals surface area (Å²) in [6.45, 7) is 1.70. The summed E-state index contributed by atoms with van der Waals surface area (Å²) >= 11 is 0. The molecule has 4 nitrogen and oxygen atoms in total. The Bertz CT molecular complexity index is 378. The van der Waals surface area contributed by atoms with Gasteiger partial charge in [0.2, 0.25) is 0 Å². The number of fused-ring (bicyclic) bond motifs is 1. The summed E-state index contributed by atoms with van der Waals surface area (Å²) < 4.78 is 9.56. The molecule has 1 saturated heterocycles. The molecule has 2 aliphatic rings. The molecule has 1 fully saturated rings. The molecule has 0 saturated carbocycles. The Hall–Kier alpha value is -1.58. The van der Waals surface area contributed by atoms with Gasteiger partial charge in [-0.25, -0.2) is 4.79 Å². The van der Waals surface area contributed by atoms with Crippen LogP contribution in [0, 0.1) is 5.41 Å². The number of methoxy groups -OCH3 is 1. The van der Waals surface area contributed by atoms with Crippen LogP contribution in [0.1, 0.15) is 13.3 Å². The molecule has 0 aromatic rings. The van der Waals surface area contributed by atoms with E-state index in [0.29, 0.717) is 17.8 Å². The summed E-state index contributed by atoms with van der Waals surface area (Å²) in [6, 6.07) is 0. The quantitative estimate of drug-likeness (QED) is 0.460. The zero-order valence-corrected chi connectivity index (χ0v) is 7.99. The van der Waals surface area contributed by atoms with Gasteiger partial charge < -0.3 is 9.47 Å². The van der Waals surface area contributed by atoms with Crippen LogP contribution in [0.25, 0.3) is 0 Å². The van der Waals surface area contributed by atoms with Gasteiger partial charge in [-0.05, 0) is 25.5 Å². The smallest absolute Gasteiger partial charge is 0.343 e. The molecule has 1 heterocycles. The van der Waals surface area contributed by atoms with E-state index in [2.05, 4.69) is 4.74 Å². The van der Waals surface area contributed by atoms with Gasteiger partial charge in [0.05, 0.1) is 12.7 Å². The summed E-state index contributed by atoms with van der Waals surface area (Å²) in [7, 11) is 1.52. The number of allylic oxidation sites excluding steroid dienone is 2. The minimum Gasteiger partial charge on any atom is -0.497 e. The van der Waals surface area contributed by atoms with Crippen molar-refractivity contribution < 1.29 is 19.1 Å². The van der Waals surface area contributed by atoms with Gasteiger partial charge in [0, 0.05) is 0 Å². The fourth-order valence-corrected chi connectivity index (χ4v) is 1.65. The van der Waals surface area contributed by atoms with Gasteiger partial charge >= 0.3 is 11.9 Å².